The highest BCUT2D eigenvalue weighted by Gasteiger charge is 2.67. The number of benzene rings is 2. The second-order valence-corrected chi connectivity index (χ2v) is 8.29. The highest BCUT2D eigenvalue weighted by atomic mass is 16.5. The molecule has 0 radical (unpaired) electrons. The minimum absolute atomic E-state index is 0.143. The number of hydrazone groups is 1. The van der Waals surface area contributed by atoms with Crippen LogP contribution < -0.4 is 4.74 Å². The van der Waals surface area contributed by atoms with Crippen LogP contribution >= 0.6 is 0 Å². The van der Waals surface area contributed by atoms with Crippen molar-refractivity contribution in [2.24, 2.45) is 40.6 Å². The number of amides is 2. The normalized spacial score (nSPS) is 35.0. The van der Waals surface area contributed by atoms with Crippen LogP contribution in [0.1, 0.15) is 12.0 Å². The third-order valence-electron chi connectivity index (χ3n) is 7.09. The standard InChI is InChI=1S/C23H20N2O3/c1-28-19-9-6-12-4-2-3-5-13(12)18(19)11-24-25-22(26)20-14-7-8-15(17-10-16(14)17)21(20)23(25)27/h2-9,11,14-17,20-21H,10H2,1H3/t14-,15+,16+,17-,20-,21+. The van der Waals surface area contributed by atoms with Crippen molar-refractivity contribution in [3.05, 3.63) is 54.1 Å². The fourth-order valence-electron chi connectivity index (χ4n) is 5.76. The van der Waals surface area contributed by atoms with Crippen LogP contribution in [0.3, 0.4) is 0 Å². The van der Waals surface area contributed by atoms with Gasteiger partial charge in [0.1, 0.15) is 5.75 Å². The molecule has 2 bridgehead atoms. The molecule has 2 saturated carbocycles. The number of fused-ring (bicyclic) bond motifs is 1. The van der Waals surface area contributed by atoms with Crippen LogP contribution in [0.5, 0.6) is 5.75 Å². The summed E-state index contributed by atoms with van der Waals surface area (Å²) >= 11 is 0. The van der Waals surface area contributed by atoms with Crippen LogP contribution in [-0.2, 0) is 9.59 Å². The molecule has 0 N–H and O–H groups in total. The van der Waals surface area contributed by atoms with E-state index in [-0.39, 0.29) is 35.5 Å². The molecule has 2 amide bonds. The minimum Gasteiger partial charge on any atom is -0.496 e. The Kier molecular flexibility index (Phi) is 3.17. The average molecular weight is 372 g/mol. The van der Waals surface area contributed by atoms with E-state index in [0.29, 0.717) is 17.6 Å². The molecule has 7 rings (SSSR count). The minimum atomic E-state index is -0.224. The maximum atomic E-state index is 13.1. The lowest BCUT2D eigenvalue weighted by Crippen LogP contribution is -2.40. The van der Waals surface area contributed by atoms with Gasteiger partial charge < -0.3 is 4.74 Å². The number of hydrogen-bond acceptors (Lipinski definition) is 4. The summed E-state index contributed by atoms with van der Waals surface area (Å²) in [5.74, 6) is 1.54. The van der Waals surface area contributed by atoms with E-state index in [1.54, 1.807) is 13.3 Å². The molecule has 1 aliphatic heterocycles. The highest BCUT2D eigenvalue weighted by molar-refractivity contribution is 6.08. The van der Waals surface area contributed by atoms with Crippen molar-refractivity contribution in [2.45, 2.75) is 6.42 Å². The predicted octanol–water partition coefficient (Wildman–Crippen LogP) is 3.24. The first kappa shape index (κ1) is 16.0. The monoisotopic (exact) mass is 372 g/mol. The van der Waals surface area contributed by atoms with E-state index in [2.05, 4.69) is 17.3 Å². The zero-order valence-electron chi connectivity index (χ0n) is 15.5. The van der Waals surface area contributed by atoms with Crippen molar-refractivity contribution >= 4 is 28.8 Å². The van der Waals surface area contributed by atoms with Gasteiger partial charge in [0.2, 0.25) is 0 Å². The quantitative estimate of drug-likeness (QED) is 0.472. The first-order chi connectivity index (χ1) is 13.7. The van der Waals surface area contributed by atoms with Gasteiger partial charge >= 0.3 is 0 Å². The number of carbonyl (C=O) groups excluding carboxylic acids is 2. The van der Waals surface area contributed by atoms with Gasteiger partial charge in [0.15, 0.2) is 0 Å². The SMILES string of the molecule is COc1ccc2ccccc2c1C=NN1C(=O)[C@@H]2[C@@H]3C=C[C@@H]([C@H]4C[C@@H]34)[C@@H]2C1=O. The van der Waals surface area contributed by atoms with Gasteiger partial charge in [0.05, 0.1) is 25.2 Å². The summed E-state index contributed by atoms with van der Waals surface area (Å²) in [5.41, 5.74) is 0.778. The van der Waals surface area contributed by atoms with Gasteiger partial charge in [-0.05, 0) is 46.9 Å². The zero-order chi connectivity index (χ0) is 19.0. The third kappa shape index (κ3) is 1.99. The van der Waals surface area contributed by atoms with Crippen molar-refractivity contribution in [3.63, 3.8) is 0 Å². The maximum Gasteiger partial charge on any atom is 0.254 e. The summed E-state index contributed by atoms with van der Waals surface area (Å²) in [5, 5.41) is 7.53. The Balaban J connectivity index is 1.38. The molecular formula is C23H20N2O3. The Labute approximate surface area is 162 Å². The van der Waals surface area contributed by atoms with E-state index in [9.17, 15) is 9.59 Å². The molecular weight excluding hydrogens is 352 g/mol. The van der Waals surface area contributed by atoms with Crippen molar-refractivity contribution in [2.75, 3.05) is 7.11 Å². The predicted molar refractivity (Wildman–Crippen MR) is 105 cm³/mol. The molecule has 0 unspecified atom stereocenters. The van der Waals surface area contributed by atoms with Gasteiger partial charge in [-0.2, -0.15) is 10.1 Å². The topological polar surface area (TPSA) is 59.0 Å². The Bertz CT molecular complexity index is 1050. The molecule has 4 aliphatic carbocycles. The molecule has 0 spiro atoms. The number of rotatable bonds is 3. The lowest BCUT2D eigenvalue weighted by Gasteiger charge is -2.37. The van der Waals surface area contributed by atoms with Crippen LogP contribution in [-0.4, -0.2) is 30.1 Å². The second kappa shape index (κ2) is 5.53. The van der Waals surface area contributed by atoms with Crippen molar-refractivity contribution in [1.29, 1.82) is 0 Å². The second-order valence-electron chi connectivity index (χ2n) is 8.29. The van der Waals surface area contributed by atoms with Gasteiger partial charge in [-0.15, -0.1) is 0 Å². The molecule has 5 nitrogen and oxygen atoms in total. The van der Waals surface area contributed by atoms with Gasteiger partial charge in [-0.25, -0.2) is 0 Å². The molecule has 1 saturated heterocycles. The molecule has 5 aliphatic rings. The van der Waals surface area contributed by atoms with Crippen LogP contribution in [0.15, 0.2) is 53.7 Å². The number of methoxy groups -OCH3 is 1. The molecule has 0 aromatic heterocycles. The number of hydrogen-bond donors (Lipinski definition) is 0. The summed E-state index contributed by atoms with van der Waals surface area (Å²) in [6.07, 6.45) is 7.11. The number of allylic oxidation sites excluding steroid dienone is 2. The van der Waals surface area contributed by atoms with Crippen molar-refractivity contribution in [3.8, 4) is 5.75 Å². The smallest absolute Gasteiger partial charge is 0.254 e. The Morgan fingerprint density at radius 3 is 2.36 bits per heavy atom. The Morgan fingerprint density at radius 1 is 1.00 bits per heavy atom. The number of nitrogens with zero attached hydrogens (tertiary/aromatic N) is 2. The Hall–Kier alpha value is -2.95. The van der Waals surface area contributed by atoms with Crippen LogP contribution in [0.4, 0.5) is 0 Å². The van der Waals surface area contributed by atoms with Gasteiger partial charge in [0, 0.05) is 5.56 Å². The highest BCUT2D eigenvalue weighted by Crippen LogP contribution is 2.65. The molecule has 1 heterocycles. The molecule has 28 heavy (non-hydrogen) atoms. The van der Waals surface area contributed by atoms with Crippen molar-refractivity contribution < 1.29 is 14.3 Å². The van der Waals surface area contributed by atoms with Crippen LogP contribution in [0, 0.1) is 35.5 Å². The molecule has 2 aromatic rings. The lowest BCUT2D eigenvalue weighted by molar-refractivity contribution is -0.140. The fourth-order valence-corrected chi connectivity index (χ4v) is 5.76. The molecule has 2 aromatic carbocycles. The van der Waals surface area contributed by atoms with Crippen molar-refractivity contribution in [1.82, 2.24) is 5.01 Å². The first-order valence-corrected chi connectivity index (χ1v) is 9.85. The van der Waals surface area contributed by atoms with Gasteiger partial charge in [-0.1, -0.05) is 42.5 Å². The third-order valence-corrected chi connectivity index (χ3v) is 7.09. The lowest BCUT2D eigenvalue weighted by atomic mass is 9.63. The summed E-state index contributed by atoms with van der Waals surface area (Å²) in [6.45, 7) is 0. The number of ether oxygens (including phenoxy) is 1. The first-order valence-electron chi connectivity index (χ1n) is 9.85. The zero-order valence-corrected chi connectivity index (χ0v) is 15.5. The van der Waals surface area contributed by atoms with Gasteiger partial charge in [-0.3, -0.25) is 9.59 Å². The largest absolute Gasteiger partial charge is 0.496 e. The van der Waals surface area contributed by atoms with E-state index >= 15 is 0 Å². The van der Waals surface area contributed by atoms with E-state index in [1.165, 1.54) is 0 Å². The number of carbonyl (C=O) groups is 2. The average Bonchev–Trinajstić information content (AvgIpc) is 3.51. The number of imide groups is 1. The molecule has 140 valence electrons. The van der Waals surface area contributed by atoms with Gasteiger partial charge in [0.25, 0.3) is 11.8 Å². The fraction of sp³-hybridized carbons (Fsp3) is 0.348. The van der Waals surface area contributed by atoms with E-state index < -0.39 is 0 Å². The molecule has 3 fully saturated rings. The molecule has 5 heteroatoms. The maximum absolute atomic E-state index is 13.1. The van der Waals surface area contributed by atoms with E-state index in [1.807, 2.05) is 36.4 Å². The van der Waals surface area contributed by atoms with E-state index in [4.69, 9.17) is 4.74 Å². The van der Waals surface area contributed by atoms with Crippen LogP contribution in [0.2, 0.25) is 0 Å². The Morgan fingerprint density at radius 2 is 1.68 bits per heavy atom. The summed E-state index contributed by atoms with van der Waals surface area (Å²) < 4.78 is 5.49. The van der Waals surface area contributed by atoms with E-state index in [0.717, 1.165) is 27.8 Å². The molecule has 6 atom stereocenters. The summed E-state index contributed by atoms with van der Waals surface area (Å²) in [7, 11) is 1.61. The summed E-state index contributed by atoms with van der Waals surface area (Å²) in [6, 6.07) is 11.8. The van der Waals surface area contributed by atoms with Crippen LogP contribution in [0.25, 0.3) is 10.8 Å². The summed E-state index contributed by atoms with van der Waals surface area (Å²) in [4.78, 5) is 26.1.